The number of benzene rings is 2. The van der Waals surface area contributed by atoms with Crippen molar-refractivity contribution in [3.8, 4) is 17.3 Å². The average Bonchev–Trinajstić information content (AvgIpc) is 3.47. The van der Waals surface area contributed by atoms with E-state index in [0.29, 0.717) is 17.5 Å². The van der Waals surface area contributed by atoms with Gasteiger partial charge in [-0.2, -0.15) is 5.10 Å². The van der Waals surface area contributed by atoms with E-state index in [9.17, 15) is 0 Å². The van der Waals surface area contributed by atoms with Crippen LogP contribution < -0.4 is 20.3 Å². The van der Waals surface area contributed by atoms with Gasteiger partial charge in [0, 0.05) is 44.2 Å². The van der Waals surface area contributed by atoms with E-state index in [4.69, 9.17) is 9.72 Å². The first-order chi connectivity index (χ1) is 17.1. The van der Waals surface area contributed by atoms with Crippen LogP contribution in [0.25, 0.3) is 33.5 Å². The normalized spacial score (nSPS) is 16.2. The predicted octanol–water partition coefficient (Wildman–Crippen LogP) is 3.46. The number of imidazole rings is 1. The fourth-order valence-corrected chi connectivity index (χ4v) is 4.85. The highest BCUT2D eigenvalue weighted by molar-refractivity contribution is 5.93. The van der Waals surface area contributed by atoms with Crippen molar-refractivity contribution in [3.05, 3.63) is 49.1 Å². The Morgan fingerprint density at radius 2 is 2.09 bits per heavy atom. The van der Waals surface area contributed by atoms with Crippen LogP contribution in [-0.2, 0) is 7.05 Å². The van der Waals surface area contributed by atoms with Gasteiger partial charge in [-0.1, -0.05) is 6.07 Å². The Bertz CT molecular complexity index is 1520. The Labute approximate surface area is 202 Å². The van der Waals surface area contributed by atoms with Crippen LogP contribution in [0, 0.1) is 0 Å². The third-order valence-corrected chi connectivity index (χ3v) is 6.54. The van der Waals surface area contributed by atoms with Crippen LogP contribution >= 0.6 is 0 Å². The number of hydrogen-bond donors (Lipinski definition) is 3. The number of aryl methyl sites for hydroxylation is 1. The summed E-state index contributed by atoms with van der Waals surface area (Å²) in [6.07, 6.45) is 5.10. The van der Waals surface area contributed by atoms with E-state index in [1.54, 1.807) is 25.8 Å². The van der Waals surface area contributed by atoms with Gasteiger partial charge in [-0.25, -0.2) is 15.0 Å². The van der Waals surface area contributed by atoms with Gasteiger partial charge < -0.3 is 24.8 Å². The van der Waals surface area contributed by atoms with E-state index in [1.165, 1.54) is 5.69 Å². The van der Waals surface area contributed by atoms with E-state index >= 15 is 0 Å². The number of fused-ring (bicyclic) bond motifs is 2. The molecule has 0 aliphatic carbocycles. The lowest BCUT2D eigenvalue weighted by atomic mass is 10.2. The van der Waals surface area contributed by atoms with Crippen molar-refractivity contribution in [1.29, 1.82) is 0 Å². The Morgan fingerprint density at radius 3 is 2.94 bits per heavy atom. The highest BCUT2D eigenvalue weighted by Crippen LogP contribution is 2.36. The van der Waals surface area contributed by atoms with Crippen LogP contribution in [0.1, 0.15) is 6.92 Å². The number of aromatic amines is 1. The molecular weight excluding hydrogens is 442 g/mol. The van der Waals surface area contributed by atoms with Crippen molar-refractivity contribution in [2.75, 3.05) is 37.0 Å². The Kier molecular flexibility index (Phi) is 5.22. The van der Waals surface area contributed by atoms with Gasteiger partial charge in [-0.05, 0) is 25.1 Å². The molecule has 1 fully saturated rings. The number of nitrogens with zero attached hydrogens (tertiary/aromatic N) is 6. The third kappa shape index (κ3) is 3.71. The number of rotatable bonds is 5. The number of H-pyrrole nitrogens is 1. The summed E-state index contributed by atoms with van der Waals surface area (Å²) in [4.78, 5) is 16.3. The van der Waals surface area contributed by atoms with Gasteiger partial charge in [0.1, 0.15) is 17.8 Å². The summed E-state index contributed by atoms with van der Waals surface area (Å²) in [6.45, 7) is 5.09. The molecule has 1 aliphatic heterocycles. The average molecular weight is 470 g/mol. The number of methoxy groups -OCH3 is 1. The number of ether oxygens (including phenoxy) is 1. The molecule has 10 heteroatoms. The molecule has 3 N–H and O–H groups in total. The first kappa shape index (κ1) is 21.4. The van der Waals surface area contributed by atoms with Gasteiger partial charge in [-0.15, -0.1) is 0 Å². The summed E-state index contributed by atoms with van der Waals surface area (Å²) in [6, 6.07) is 10.7. The van der Waals surface area contributed by atoms with E-state index in [2.05, 4.69) is 65.4 Å². The van der Waals surface area contributed by atoms with Crippen molar-refractivity contribution in [1.82, 2.24) is 35.0 Å². The fraction of sp³-hybridized carbons (Fsp3) is 0.280. The first-order valence-electron chi connectivity index (χ1n) is 11.6. The van der Waals surface area contributed by atoms with Gasteiger partial charge in [0.15, 0.2) is 5.82 Å². The molecule has 0 saturated carbocycles. The molecule has 5 aromatic rings. The maximum atomic E-state index is 5.62. The largest absolute Gasteiger partial charge is 0.494 e. The number of para-hydroxylation sites is 1. The summed E-state index contributed by atoms with van der Waals surface area (Å²) in [5.74, 6) is 1.46. The molecule has 1 aliphatic rings. The van der Waals surface area contributed by atoms with Crippen molar-refractivity contribution >= 4 is 39.0 Å². The highest BCUT2D eigenvalue weighted by Gasteiger charge is 2.22. The molecule has 35 heavy (non-hydrogen) atoms. The molecule has 2 aromatic carbocycles. The molecule has 0 spiro atoms. The summed E-state index contributed by atoms with van der Waals surface area (Å²) >= 11 is 0. The van der Waals surface area contributed by atoms with Crippen molar-refractivity contribution < 1.29 is 4.74 Å². The summed E-state index contributed by atoms with van der Waals surface area (Å²) in [7, 11) is 3.69. The molecule has 10 nitrogen and oxygen atoms in total. The van der Waals surface area contributed by atoms with Gasteiger partial charge in [0.25, 0.3) is 0 Å². The van der Waals surface area contributed by atoms with Crippen molar-refractivity contribution in [2.45, 2.75) is 13.0 Å². The second kappa shape index (κ2) is 8.55. The highest BCUT2D eigenvalue weighted by atomic mass is 16.5. The van der Waals surface area contributed by atoms with Gasteiger partial charge in [0.2, 0.25) is 0 Å². The number of anilines is 3. The molecule has 1 atom stereocenters. The number of aromatic nitrogens is 6. The van der Waals surface area contributed by atoms with E-state index in [1.807, 2.05) is 19.2 Å². The van der Waals surface area contributed by atoms with Crippen LogP contribution in [0.2, 0.25) is 0 Å². The topological polar surface area (TPSA) is 109 Å². The molecule has 4 heterocycles. The maximum absolute atomic E-state index is 5.62. The van der Waals surface area contributed by atoms with Crippen LogP contribution in [0.5, 0.6) is 5.75 Å². The Hall–Kier alpha value is -4.18. The molecule has 0 radical (unpaired) electrons. The monoisotopic (exact) mass is 469 g/mol. The molecule has 6 rings (SSSR count). The second-order valence-corrected chi connectivity index (χ2v) is 8.86. The van der Waals surface area contributed by atoms with Gasteiger partial charge >= 0.3 is 0 Å². The smallest absolute Gasteiger partial charge is 0.161 e. The number of nitrogens with one attached hydrogen (secondary N) is 3. The lowest BCUT2D eigenvalue weighted by molar-refractivity contribution is 0.417. The minimum Gasteiger partial charge on any atom is -0.494 e. The molecule has 0 amide bonds. The molecule has 1 saturated heterocycles. The van der Waals surface area contributed by atoms with E-state index in [-0.39, 0.29) is 0 Å². The lowest BCUT2D eigenvalue weighted by Crippen LogP contribution is -2.49. The second-order valence-electron chi connectivity index (χ2n) is 8.86. The fourth-order valence-electron chi connectivity index (χ4n) is 4.85. The minimum atomic E-state index is 0.437. The van der Waals surface area contributed by atoms with E-state index < -0.39 is 0 Å². The summed E-state index contributed by atoms with van der Waals surface area (Å²) in [5.41, 5.74) is 6.38. The maximum Gasteiger partial charge on any atom is 0.161 e. The quantitative estimate of drug-likeness (QED) is 0.359. The molecule has 0 bridgehead atoms. The zero-order valence-electron chi connectivity index (χ0n) is 19.9. The zero-order chi connectivity index (χ0) is 23.9. The molecule has 3 aromatic heterocycles. The Balaban J connectivity index is 1.44. The van der Waals surface area contributed by atoms with Gasteiger partial charge in [0.05, 0.1) is 53.1 Å². The van der Waals surface area contributed by atoms with Crippen molar-refractivity contribution in [2.24, 2.45) is 7.05 Å². The third-order valence-electron chi connectivity index (χ3n) is 6.54. The van der Waals surface area contributed by atoms with Crippen molar-refractivity contribution in [3.63, 3.8) is 0 Å². The molecular formula is C25H27N9O. The van der Waals surface area contributed by atoms with Gasteiger partial charge in [-0.3, -0.25) is 5.10 Å². The SMILES string of the molecule is COc1cc2[nH]ncc2cc1Nc1cncnc1-c1nc2cccc(N3CCN[C@@H](C)C3)c2n1C. The zero-order valence-corrected chi connectivity index (χ0v) is 19.9. The molecule has 178 valence electrons. The predicted molar refractivity (Wildman–Crippen MR) is 137 cm³/mol. The van der Waals surface area contributed by atoms with E-state index in [0.717, 1.165) is 58.8 Å². The Morgan fingerprint density at radius 1 is 1.17 bits per heavy atom. The number of piperazine rings is 1. The van der Waals surface area contributed by atoms with Crippen LogP contribution in [0.3, 0.4) is 0 Å². The van der Waals surface area contributed by atoms with Crippen LogP contribution in [0.4, 0.5) is 17.1 Å². The lowest BCUT2D eigenvalue weighted by Gasteiger charge is -2.34. The molecule has 0 unspecified atom stereocenters. The van der Waals surface area contributed by atoms with Crippen LogP contribution in [0.15, 0.2) is 49.1 Å². The standard InChI is InChI=1S/C25H27N9O/c1-15-13-34(8-7-27-15)21-6-4-5-17-24(21)33(2)25(31-17)23-20(12-26-14-28-23)30-19-9-16-11-29-32-18(16)10-22(19)35-3/h4-6,9-12,14-15,27,30H,7-8,13H2,1-3H3,(H,29,32)/t15-/m0/s1. The summed E-state index contributed by atoms with van der Waals surface area (Å²) < 4.78 is 7.75. The summed E-state index contributed by atoms with van der Waals surface area (Å²) in [5, 5.41) is 15.1. The first-order valence-corrected chi connectivity index (χ1v) is 11.6. The van der Waals surface area contributed by atoms with Crippen LogP contribution in [-0.4, -0.2) is 62.5 Å². The minimum absolute atomic E-state index is 0.437. The number of hydrogen-bond acceptors (Lipinski definition) is 8.